The summed E-state index contributed by atoms with van der Waals surface area (Å²) in [7, 11) is 1.88. The van der Waals surface area contributed by atoms with Crippen molar-refractivity contribution in [2.24, 2.45) is 4.99 Å². The van der Waals surface area contributed by atoms with Crippen molar-refractivity contribution >= 4 is 35.9 Å². The third kappa shape index (κ3) is 4.37. The van der Waals surface area contributed by atoms with Crippen molar-refractivity contribution in [3.63, 3.8) is 0 Å². The summed E-state index contributed by atoms with van der Waals surface area (Å²) < 4.78 is 0. The first-order valence-corrected chi connectivity index (χ1v) is 9.27. The number of hydrogen-bond acceptors (Lipinski definition) is 6. The van der Waals surface area contributed by atoms with E-state index in [0.717, 1.165) is 44.6 Å². The maximum Gasteiger partial charge on any atom is 0.225 e. The van der Waals surface area contributed by atoms with Gasteiger partial charge in [-0.15, -0.1) is 24.0 Å². The molecule has 1 N–H and O–H groups in total. The van der Waals surface area contributed by atoms with Gasteiger partial charge in [0.15, 0.2) is 5.96 Å². The summed E-state index contributed by atoms with van der Waals surface area (Å²) in [6.07, 6.45) is 3.61. The Labute approximate surface area is 172 Å². The van der Waals surface area contributed by atoms with Crippen LogP contribution in [0.3, 0.4) is 0 Å². The predicted molar refractivity (Wildman–Crippen MR) is 114 cm³/mol. The zero-order valence-corrected chi connectivity index (χ0v) is 17.7. The Balaban J connectivity index is 0.00000196. The molecule has 144 valence electrons. The second kappa shape index (κ2) is 9.14. The van der Waals surface area contributed by atoms with Crippen molar-refractivity contribution in [2.45, 2.75) is 6.04 Å². The maximum absolute atomic E-state index is 4.51. The van der Waals surface area contributed by atoms with E-state index in [-0.39, 0.29) is 24.0 Å². The second-order valence-electron chi connectivity index (χ2n) is 6.94. The number of guanidine groups is 1. The second-order valence-corrected chi connectivity index (χ2v) is 6.94. The van der Waals surface area contributed by atoms with Crippen molar-refractivity contribution in [1.29, 1.82) is 0 Å². The van der Waals surface area contributed by atoms with Crippen LogP contribution < -0.4 is 10.2 Å². The van der Waals surface area contributed by atoms with Crippen LogP contribution in [0.15, 0.2) is 23.5 Å². The molecule has 1 aromatic heterocycles. The van der Waals surface area contributed by atoms with Gasteiger partial charge in [0.1, 0.15) is 0 Å². The van der Waals surface area contributed by atoms with Gasteiger partial charge >= 0.3 is 0 Å². The molecule has 26 heavy (non-hydrogen) atoms. The lowest BCUT2D eigenvalue weighted by atomic mass is 10.1. The lowest BCUT2D eigenvalue weighted by Gasteiger charge is -2.47. The van der Waals surface area contributed by atoms with Crippen LogP contribution in [0.2, 0.25) is 0 Å². The summed E-state index contributed by atoms with van der Waals surface area (Å²) in [4.78, 5) is 23.0. The molecule has 0 aromatic carbocycles. The van der Waals surface area contributed by atoms with E-state index in [2.05, 4.69) is 39.9 Å². The van der Waals surface area contributed by atoms with Gasteiger partial charge < -0.3 is 15.1 Å². The Hall–Kier alpha value is -1.20. The number of hydrogen-bond donors (Lipinski definition) is 1. The van der Waals surface area contributed by atoms with Crippen LogP contribution in [0.1, 0.15) is 0 Å². The molecular weight excluding hydrogens is 443 g/mol. The van der Waals surface area contributed by atoms with Gasteiger partial charge in [0, 0.05) is 90.9 Å². The highest BCUT2D eigenvalue weighted by atomic mass is 127. The molecular formula is C17H29IN8. The van der Waals surface area contributed by atoms with Gasteiger partial charge in [0.25, 0.3) is 0 Å². The zero-order chi connectivity index (χ0) is 17.1. The number of anilines is 1. The van der Waals surface area contributed by atoms with E-state index in [1.807, 2.05) is 13.1 Å². The fourth-order valence-electron chi connectivity index (χ4n) is 4.03. The maximum atomic E-state index is 4.51. The average molecular weight is 472 g/mol. The van der Waals surface area contributed by atoms with Crippen molar-refractivity contribution in [3.8, 4) is 0 Å². The number of fused-ring (bicyclic) bond motifs is 3. The minimum atomic E-state index is 0. The van der Waals surface area contributed by atoms with Gasteiger partial charge in [-0.3, -0.25) is 14.8 Å². The molecule has 5 heterocycles. The molecule has 8 nitrogen and oxygen atoms in total. The van der Waals surface area contributed by atoms with E-state index in [4.69, 9.17) is 0 Å². The largest absolute Gasteiger partial charge is 0.355 e. The Bertz CT molecular complexity index is 582. The Morgan fingerprint density at radius 3 is 2.35 bits per heavy atom. The molecule has 5 rings (SSSR count). The van der Waals surface area contributed by atoms with Crippen LogP contribution in [0.5, 0.6) is 0 Å². The van der Waals surface area contributed by atoms with Gasteiger partial charge in [0.2, 0.25) is 5.95 Å². The number of piperazine rings is 4. The van der Waals surface area contributed by atoms with Gasteiger partial charge in [-0.2, -0.15) is 0 Å². The molecule has 1 atom stereocenters. The molecule has 0 spiro atoms. The molecule has 0 aliphatic carbocycles. The van der Waals surface area contributed by atoms with E-state index in [9.17, 15) is 0 Å². The van der Waals surface area contributed by atoms with Crippen LogP contribution in [0.4, 0.5) is 5.95 Å². The summed E-state index contributed by atoms with van der Waals surface area (Å²) >= 11 is 0. The highest BCUT2D eigenvalue weighted by Crippen LogP contribution is 2.15. The number of nitrogens with zero attached hydrogens (tertiary/aromatic N) is 7. The van der Waals surface area contributed by atoms with Gasteiger partial charge in [-0.25, -0.2) is 9.97 Å². The number of rotatable bonds is 3. The van der Waals surface area contributed by atoms with E-state index in [1.165, 1.54) is 32.7 Å². The van der Waals surface area contributed by atoms with Gasteiger partial charge in [-0.05, 0) is 6.07 Å². The molecule has 0 amide bonds. The predicted octanol–water partition coefficient (Wildman–Crippen LogP) is -0.208. The first kappa shape index (κ1) is 19.6. The standard InChI is InChI=1S/C17H28N8.HI/c1-18-16(21-13-15-14-22-5-7-23(15)8-6-22)24-9-11-25(12-10-24)17-19-3-2-4-20-17;/h2-4,15H,5-14H2,1H3,(H,18,21);1H. The fraction of sp³-hybridized carbons (Fsp3) is 0.706. The molecule has 1 aromatic rings. The van der Waals surface area contributed by atoms with E-state index in [0.29, 0.717) is 6.04 Å². The normalized spacial score (nSPS) is 28.7. The molecule has 0 radical (unpaired) electrons. The van der Waals surface area contributed by atoms with Crippen LogP contribution >= 0.6 is 24.0 Å². The molecule has 2 bridgehead atoms. The molecule has 0 saturated carbocycles. The monoisotopic (exact) mass is 472 g/mol. The first-order valence-electron chi connectivity index (χ1n) is 9.27. The van der Waals surface area contributed by atoms with Gasteiger partial charge in [-0.1, -0.05) is 0 Å². The summed E-state index contributed by atoms with van der Waals surface area (Å²) in [5.74, 6) is 1.84. The highest BCUT2D eigenvalue weighted by molar-refractivity contribution is 14.0. The summed E-state index contributed by atoms with van der Waals surface area (Å²) in [5, 5.41) is 3.61. The summed E-state index contributed by atoms with van der Waals surface area (Å²) in [6, 6.07) is 2.47. The Kier molecular flexibility index (Phi) is 6.87. The van der Waals surface area contributed by atoms with Crippen LogP contribution in [-0.2, 0) is 0 Å². The Morgan fingerprint density at radius 1 is 1.08 bits per heavy atom. The molecule has 4 saturated heterocycles. The zero-order valence-electron chi connectivity index (χ0n) is 15.4. The number of halogens is 1. The molecule has 9 heteroatoms. The quantitative estimate of drug-likeness (QED) is 0.371. The van der Waals surface area contributed by atoms with Crippen molar-refractivity contribution in [1.82, 2.24) is 30.0 Å². The van der Waals surface area contributed by atoms with Gasteiger partial charge in [0.05, 0.1) is 0 Å². The van der Waals surface area contributed by atoms with Crippen molar-refractivity contribution in [2.75, 3.05) is 77.4 Å². The summed E-state index contributed by atoms with van der Waals surface area (Å²) in [5.41, 5.74) is 0. The molecule has 4 aliphatic heterocycles. The van der Waals surface area contributed by atoms with E-state index < -0.39 is 0 Å². The van der Waals surface area contributed by atoms with Crippen LogP contribution in [0, 0.1) is 0 Å². The number of aliphatic imine (C=N–C) groups is 1. The summed E-state index contributed by atoms with van der Waals surface area (Å²) in [6.45, 7) is 10.8. The Morgan fingerprint density at radius 2 is 1.77 bits per heavy atom. The van der Waals surface area contributed by atoms with Crippen molar-refractivity contribution < 1.29 is 0 Å². The first-order chi connectivity index (χ1) is 12.3. The third-order valence-electron chi connectivity index (χ3n) is 5.51. The third-order valence-corrected chi connectivity index (χ3v) is 5.51. The average Bonchev–Trinajstić information content (AvgIpc) is 2.70. The highest BCUT2D eigenvalue weighted by Gasteiger charge is 2.32. The van der Waals surface area contributed by atoms with E-state index in [1.54, 1.807) is 12.4 Å². The molecule has 4 fully saturated rings. The molecule has 4 aliphatic rings. The smallest absolute Gasteiger partial charge is 0.225 e. The lowest BCUT2D eigenvalue weighted by molar-refractivity contribution is 0.0152. The SMILES string of the molecule is CN=C(NCC1CN2CCN1CC2)N1CCN(c2ncccn2)CC1.I. The minimum absolute atomic E-state index is 0. The van der Waals surface area contributed by atoms with Crippen LogP contribution in [-0.4, -0.2) is 109 Å². The lowest BCUT2D eigenvalue weighted by Crippen LogP contribution is -2.64. The fourth-order valence-corrected chi connectivity index (χ4v) is 4.03. The topological polar surface area (TPSA) is 63.1 Å². The van der Waals surface area contributed by atoms with E-state index >= 15 is 0 Å². The van der Waals surface area contributed by atoms with Crippen LogP contribution in [0.25, 0.3) is 0 Å². The minimum Gasteiger partial charge on any atom is -0.355 e. The van der Waals surface area contributed by atoms with Crippen molar-refractivity contribution in [3.05, 3.63) is 18.5 Å². The number of nitrogens with one attached hydrogen (secondary N) is 1. The number of aromatic nitrogens is 2. The molecule has 1 unspecified atom stereocenters.